The van der Waals surface area contributed by atoms with Gasteiger partial charge in [-0.1, -0.05) is 30.3 Å². The molecule has 0 radical (unpaired) electrons. The van der Waals surface area contributed by atoms with E-state index in [1.165, 1.54) is 0 Å². The van der Waals surface area contributed by atoms with Crippen molar-refractivity contribution in [3.63, 3.8) is 0 Å². The number of esters is 1. The van der Waals surface area contributed by atoms with Crippen molar-refractivity contribution in [3.05, 3.63) is 65.2 Å². The van der Waals surface area contributed by atoms with Crippen molar-refractivity contribution in [2.24, 2.45) is 5.73 Å². The predicted octanol–water partition coefficient (Wildman–Crippen LogP) is 3.49. The highest BCUT2D eigenvalue weighted by atomic mass is 19.2. The number of anilines is 1. The third-order valence-electron chi connectivity index (χ3n) is 4.07. The minimum absolute atomic E-state index is 0.0870. The second-order valence-electron chi connectivity index (χ2n) is 7.95. The van der Waals surface area contributed by atoms with Gasteiger partial charge in [-0.15, -0.1) is 0 Å². The maximum absolute atomic E-state index is 13.9. The van der Waals surface area contributed by atoms with E-state index in [9.17, 15) is 23.2 Å². The van der Waals surface area contributed by atoms with Gasteiger partial charge in [-0.2, -0.15) is 0 Å². The van der Waals surface area contributed by atoms with Gasteiger partial charge in [0.25, 0.3) is 0 Å². The van der Waals surface area contributed by atoms with Crippen molar-refractivity contribution in [3.8, 4) is 0 Å². The van der Waals surface area contributed by atoms with Crippen LogP contribution >= 0.6 is 0 Å². The number of benzene rings is 2. The molecule has 166 valence electrons. The maximum atomic E-state index is 13.9. The van der Waals surface area contributed by atoms with E-state index in [1.54, 1.807) is 51.1 Å². The Labute approximate surface area is 178 Å². The summed E-state index contributed by atoms with van der Waals surface area (Å²) in [6.07, 6.45) is -1.31. The van der Waals surface area contributed by atoms with Gasteiger partial charge in [-0.05, 0) is 38.0 Å². The number of carbonyl (C=O) groups excluding carboxylic acids is 3. The number of hydrogen-bond donors (Lipinski definition) is 2. The molecule has 2 aromatic carbocycles. The number of aldehydes is 1. The van der Waals surface area contributed by atoms with E-state index in [1.807, 2.05) is 0 Å². The third kappa shape index (κ3) is 6.85. The van der Waals surface area contributed by atoms with Crippen molar-refractivity contribution in [1.82, 2.24) is 0 Å². The van der Waals surface area contributed by atoms with Crippen molar-refractivity contribution >= 4 is 24.0 Å². The summed E-state index contributed by atoms with van der Waals surface area (Å²) in [5.41, 5.74) is 3.28. The molecule has 1 amide bonds. The highest BCUT2D eigenvalue weighted by Gasteiger charge is 2.37. The standard InChI is InChI=1S/C22H24F2N2O5/c1-21(2,3)31-20(29)26-18-10-17(24)16(23)9-15(18)11-22(25,13-27)19(28)30-12-14-7-5-4-6-8-14/h4-10,13H,11-12,25H2,1-3H3,(H,26,29). The number of nitrogens with one attached hydrogen (secondary N) is 1. The fourth-order valence-corrected chi connectivity index (χ4v) is 2.60. The summed E-state index contributed by atoms with van der Waals surface area (Å²) in [6.45, 7) is 4.74. The first kappa shape index (κ1) is 23.9. The summed E-state index contributed by atoms with van der Waals surface area (Å²) in [5.74, 6) is -3.54. The predicted molar refractivity (Wildman–Crippen MR) is 109 cm³/mol. The molecule has 0 saturated carbocycles. The summed E-state index contributed by atoms with van der Waals surface area (Å²) < 4.78 is 37.8. The van der Waals surface area contributed by atoms with Gasteiger partial charge >= 0.3 is 12.1 Å². The number of rotatable bonds is 7. The van der Waals surface area contributed by atoms with Gasteiger partial charge in [-0.3, -0.25) is 5.32 Å². The molecule has 1 unspecified atom stereocenters. The molecule has 0 aliphatic heterocycles. The highest BCUT2D eigenvalue weighted by Crippen LogP contribution is 2.25. The van der Waals surface area contributed by atoms with Crippen LogP contribution in [0.2, 0.25) is 0 Å². The Hall–Kier alpha value is -3.33. The first-order chi connectivity index (χ1) is 14.4. The summed E-state index contributed by atoms with van der Waals surface area (Å²) >= 11 is 0. The molecule has 0 saturated heterocycles. The van der Waals surface area contributed by atoms with Crippen LogP contribution in [0, 0.1) is 11.6 Å². The maximum Gasteiger partial charge on any atom is 0.412 e. The summed E-state index contributed by atoms with van der Waals surface area (Å²) in [4.78, 5) is 36.2. The van der Waals surface area contributed by atoms with Crippen LogP contribution in [-0.4, -0.2) is 29.5 Å². The van der Waals surface area contributed by atoms with E-state index in [2.05, 4.69) is 5.32 Å². The molecule has 9 heteroatoms. The molecule has 0 aromatic heterocycles. The second kappa shape index (κ2) is 9.65. The number of nitrogens with two attached hydrogens (primary N) is 1. The SMILES string of the molecule is CC(C)(C)OC(=O)Nc1cc(F)c(F)cc1CC(N)(C=O)C(=O)OCc1ccccc1. The summed E-state index contributed by atoms with van der Waals surface area (Å²) in [6, 6.07) is 10.2. The molecule has 0 fully saturated rings. The molecular weight excluding hydrogens is 410 g/mol. The number of amides is 1. The van der Waals surface area contributed by atoms with Crippen LogP contribution < -0.4 is 11.1 Å². The molecule has 2 aromatic rings. The van der Waals surface area contributed by atoms with Gasteiger partial charge in [0.1, 0.15) is 12.2 Å². The quantitative estimate of drug-likeness (QED) is 0.392. The lowest BCUT2D eigenvalue weighted by molar-refractivity contribution is -0.152. The molecule has 0 aliphatic rings. The van der Waals surface area contributed by atoms with Crippen molar-refractivity contribution < 1.29 is 32.6 Å². The lowest BCUT2D eigenvalue weighted by Gasteiger charge is -2.24. The fourth-order valence-electron chi connectivity index (χ4n) is 2.60. The normalized spacial score (nSPS) is 13.1. The topological polar surface area (TPSA) is 108 Å². The van der Waals surface area contributed by atoms with Crippen LogP contribution in [0.5, 0.6) is 0 Å². The number of halogens is 2. The van der Waals surface area contributed by atoms with E-state index in [-0.39, 0.29) is 24.1 Å². The molecule has 2 rings (SSSR count). The molecular formula is C22H24F2N2O5. The summed E-state index contributed by atoms with van der Waals surface area (Å²) in [5, 5.41) is 2.29. The molecule has 3 N–H and O–H groups in total. The third-order valence-corrected chi connectivity index (χ3v) is 4.07. The fraction of sp³-hybridized carbons (Fsp3) is 0.318. The Morgan fingerprint density at radius 1 is 1.10 bits per heavy atom. The lowest BCUT2D eigenvalue weighted by Crippen LogP contribution is -2.52. The Balaban J connectivity index is 2.24. The van der Waals surface area contributed by atoms with Crippen LogP contribution in [0.15, 0.2) is 42.5 Å². The lowest BCUT2D eigenvalue weighted by atomic mass is 9.92. The molecule has 1 atom stereocenters. The average molecular weight is 434 g/mol. The average Bonchev–Trinajstić information content (AvgIpc) is 2.69. The van der Waals surface area contributed by atoms with Gasteiger partial charge in [0.2, 0.25) is 0 Å². The van der Waals surface area contributed by atoms with Gasteiger partial charge in [0.15, 0.2) is 23.5 Å². The zero-order valence-corrected chi connectivity index (χ0v) is 17.4. The zero-order valence-electron chi connectivity index (χ0n) is 17.4. The van der Waals surface area contributed by atoms with Crippen LogP contribution in [0.1, 0.15) is 31.9 Å². The van der Waals surface area contributed by atoms with E-state index < -0.39 is 41.3 Å². The van der Waals surface area contributed by atoms with Gasteiger partial charge in [-0.25, -0.2) is 18.4 Å². The first-order valence-electron chi connectivity index (χ1n) is 9.38. The Kier molecular flexibility index (Phi) is 7.46. The van der Waals surface area contributed by atoms with E-state index >= 15 is 0 Å². The van der Waals surface area contributed by atoms with Gasteiger partial charge in [0, 0.05) is 12.5 Å². The van der Waals surface area contributed by atoms with Crippen LogP contribution in [0.3, 0.4) is 0 Å². The van der Waals surface area contributed by atoms with Crippen LogP contribution in [-0.2, 0) is 32.1 Å². The Bertz CT molecular complexity index is 960. The Morgan fingerprint density at radius 2 is 1.71 bits per heavy atom. The molecule has 0 spiro atoms. The molecule has 0 heterocycles. The van der Waals surface area contributed by atoms with Gasteiger partial charge in [0.05, 0.1) is 5.69 Å². The minimum Gasteiger partial charge on any atom is -0.459 e. The molecule has 0 aliphatic carbocycles. The van der Waals surface area contributed by atoms with Crippen LogP contribution in [0.4, 0.5) is 19.3 Å². The van der Waals surface area contributed by atoms with Crippen molar-refractivity contribution in [2.45, 2.75) is 44.9 Å². The number of hydrogen-bond acceptors (Lipinski definition) is 6. The molecule has 7 nitrogen and oxygen atoms in total. The number of carbonyl (C=O) groups is 3. The zero-order chi connectivity index (χ0) is 23.2. The molecule has 31 heavy (non-hydrogen) atoms. The molecule has 0 bridgehead atoms. The first-order valence-corrected chi connectivity index (χ1v) is 9.38. The minimum atomic E-state index is -2.19. The van der Waals surface area contributed by atoms with Gasteiger partial charge < -0.3 is 20.0 Å². The summed E-state index contributed by atoms with van der Waals surface area (Å²) in [7, 11) is 0. The van der Waals surface area contributed by atoms with E-state index in [0.717, 1.165) is 12.1 Å². The highest BCUT2D eigenvalue weighted by molar-refractivity contribution is 5.98. The number of ether oxygens (including phenoxy) is 2. The smallest absolute Gasteiger partial charge is 0.412 e. The Morgan fingerprint density at radius 3 is 2.29 bits per heavy atom. The largest absolute Gasteiger partial charge is 0.459 e. The van der Waals surface area contributed by atoms with E-state index in [4.69, 9.17) is 15.2 Å². The van der Waals surface area contributed by atoms with E-state index in [0.29, 0.717) is 5.56 Å². The van der Waals surface area contributed by atoms with Crippen molar-refractivity contribution in [1.29, 1.82) is 0 Å². The van der Waals surface area contributed by atoms with Crippen molar-refractivity contribution in [2.75, 3.05) is 5.32 Å². The monoisotopic (exact) mass is 434 g/mol. The van der Waals surface area contributed by atoms with Crippen LogP contribution in [0.25, 0.3) is 0 Å². The second-order valence-corrected chi connectivity index (χ2v) is 7.95.